The highest BCUT2D eigenvalue weighted by Gasteiger charge is 2.06. The fourth-order valence-electron chi connectivity index (χ4n) is 2.49. The van der Waals surface area contributed by atoms with Gasteiger partial charge in [0, 0.05) is 28.3 Å². The molecule has 4 nitrogen and oxygen atoms in total. The van der Waals surface area contributed by atoms with Crippen LogP contribution in [0.15, 0.2) is 30.3 Å². The third-order valence-electron chi connectivity index (χ3n) is 3.69. The highest BCUT2D eigenvalue weighted by Crippen LogP contribution is 2.22. The molecular formula is C18H22N2O2S. The second-order valence-electron chi connectivity index (χ2n) is 5.63. The van der Waals surface area contributed by atoms with E-state index in [0.717, 1.165) is 18.4 Å². The number of aryl methyl sites for hydroxylation is 3. The molecule has 1 heterocycles. The van der Waals surface area contributed by atoms with Gasteiger partial charge in [-0.15, -0.1) is 11.3 Å². The Hall–Kier alpha value is -2.14. The summed E-state index contributed by atoms with van der Waals surface area (Å²) in [5, 5.41) is 2.88. The van der Waals surface area contributed by atoms with Gasteiger partial charge in [-0.2, -0.15) is 0 Å². The lowest BCUT2D eigenvalue weighted by Crippen LogP contribution is -2.22. The van der Waals surface area contributed by atoms with Crippen molar-refractivity contribution in [2.45, 2.75) is 39.7 Å². The number of amides is 2. The Morgan fingerprint density at radius 3 is 2.65 bits per heavy atom. The number of nitrogens with one attached hydrogen (secondary N) is 1. The number of thiophene rings is 1. The molecule has 0 atom stereocenters. The van der Waals surface area contributed by atoms with Gasteiger partial charge < -0.3 is 11.1 Å². The summed E-state index contributed by atoms with van der Waals surface area (Å²) in [5.41, 5.74) is 7.92. The van der Waals surface area contributed by atoms with Crippen LogP contribution >= 0.6 is 11.3 Å². The summed E-state index contributed by atoms with van der Waals surface area (Å²) < 4.78 is 0. The molecule has 1 aromatic heterocycles. The summed E-state index contributed by atoms with van der Waals surface area (Å²) in [6, 6.07) is 9.21. The number of hydrogen-bond acceptors (Lipinski definition) is 3. The van der Waals surface area contributed by atoms with E-state index in [0.29, 0.717) is 18.5 Å². The van der Waals surface area contributed by atoms with Crippen molar-refractivity contribution in [2.75, 3.05) is 0 Å². The summed E-state index contributed by atoms with van der Waals surface area (Å²) in [6.07, 6.45) is 2.27. The minimum Gasteiger partial charge on any atom is -0.366 e. The highest BCUT2D eigenvalue weighted by molar-refractivity contribution is 7.12. The number of nitrogens with two attached hydrogens (primary N) is 1. The van der Waals surface area contributed by atoms with Gasteiger partial charge in [-0.25, -0.2) is 0 Å². The van der Waals surface area contributed by atoms with Crippen molar-refractivity contribution in [2.24, 2.45) is 5.73 Å². The predicted molar refractivity (Wildman–Crippen MR) is 93.5 cm³/mol. The Bertz CT molecular complexity index is 707. The third-order valence-corrected chi connectivity index (χ3v) is 4.70. The van der Waals surface area contributed by atoms with Crippen LogP contribution in [0.1, 0.15) is 44.1 Å². The maximum atomic E-state index is 11.9. The van der Waals surface area contributed by atoms with Crippen molar-refractivity contribution in [3.63, 3.8) is 0 Å². The number of primary amides is 1. The maximum Gasteiger partial charge on any atom is 0.248 e. The normalized spacial score (nSPS) is 10.5. The van der Waals surface area contributed by atoms with Gasteiger partial charge in [-0.3, -0.25) is 9.59 Å². The number of benzene rings is 1. The molecule has 0 spiro atoms. The van der Waals surface area contributed by atoms with E-state index in [4.69, 9.17) is 5.73 Å². The monoisotopic (exact) mass is 330 g/mol. The van der Waals surface area contributed by atoms with Crippen LogP contribution in [-0.2, 0) is 17.8 Å². The van der Waals surface area contributed by atoms with Crippen molar-refractivity contribution in [3.8, 4) is 0 Å². The highest BCUT2D eigenvalue weighted by atomic mass is 32.1. The Morgan fingerprint density at radius 2 is 2.00 bits per heavy atom. The van der Waals surface area contributed by atoms with Gasteiger partial charge in [0.05, 0.1) is 0 Å². The molecule has 0 aliphatic rings. The average molecular weight is 330 g/mol. The molecular weight excluding hydrogens is 308 g/mol. The van der Waals surface area contributed by atoms with Crippen molar-refractivity contribution in [3.05, 3.63) is 56.8 Å². The maximum absolute atomic E-state index is 11.9. The fourth-order valence-corrected chi connectivity index (χ4v) is 3.47. The SMILES string of the molecule is Cc1cc(CCCC(=O)NCc2cccc(C(N)=O)c2)c(C)s1. The molecule has 0 unspecified atom stereocenters. The molecule has 5 heteroatoms. The predicted octanol–water partition coefficient (Wildman–Crippen LogP) is 3.10. The molecule has 2 aromatic rings. The molecule has 2 amide bonds. The first-order valence-corrected chi connectivity index (χ1v) is 8.48. The molecule has 0 bridgehead atoms. The van der Waals surface area contributed by atoms with E-state index in [2.05, 4.69) is 25.2 Å². The van der Waals surface area contributed by atoms with Gasteiger partial charge in [0.1, 0.15) is 0 Å². The Morgan fingerprint density at radius 1 is 1.22 bits per heavy atom. The Labute approximate surface area is 140 Å². The molecule has 0 aliphatic heterocycles. The Balaban J connectivity index is 1.76. The molecule has 0 saturated heterocycles. The van der Waals surface area contributed by atoms with Gasteiger partial charge >= 0.3 is 0 Å². The number of carbonyl (C=O) groups excluding carboxylic acids is 2. The molecule has 122 valence electrons. The van der Waals surface area contributed by atoms with E-state index in [1.807, 2.05) is 6.07 Å². The minimum absolute atomic E-state index is 0.0269. The van der Waals surface area contributed by atoms with Crippen molar-refractivity contribution < 1.29 is 9.59 Å². The number of carbonyl (C=O) groups is 2. The van der Waals surface area contributed by atoms with Crippen LogP contribution in [0.25, 0.3) is 0 Å². The van der Waals surface area contributed by atoms with Crippen LogP contribution < -0.4 is 11.1 Å². The fraction of sp³-hybridized carbons (Fsp3) is 0.333. The van der Waals surface area contributed by atoms with E-state index < -0.39 is 5.91 Å². The molecule has 1 aromatic carbocycles. The van der Waals surface area contributed by atoms with Crippen molar-refractivity contribution >= 4 is 23.2 Å². The van der Waals surface area contributed by atoms with Gasteiger partial charge in [0.25, 0.3) is 0 Å². The van der Waals surface area contributed by atoms with E-state index in [1.54, 1.807) is 29.5 Å². The molecule has 0 saturated carbocycles. The average Bonchev–Trinajstić information content (AvgIpc) is 2.83. The zero-order valence-electron chi connectivity index (χ0n) is 13.5. The topological polar surface area (TPSA) is 72.2 Å². The summed E-state index contributed by atoms with van der Waals surface area (Å²) in [6.45, 7) is 4.64. The standard InChI is InChI=1S/C18H22N2O2S/c1-12-9-15(13(2)23-12)6-4-8-17(21)20-11-14-5-3-7-16(10-14)18(19)22/h3,5,7,9-10H,4,6,8,11H2,1-2H3,(H2,19,22)(H,20,21). The van der Waals surface area contributed by atoms with Gasteiger partial charge in [-0.1, -0.05) is 12.1 Å². The van der Waals surface area contributed by atoms with Gasteiger partial charge in [0.2, 0.25) is 11.8 Å². The quantitative estimate of drug-likeness (QED) is 0.819. The molecule has 2 rings (SSSR count). The molecule has 0 radical (unpaired) electrons. The molecule has 0 fully saturated rings. The second kappa shape index (κ2) is 7.92. The first-order chi connectivity index (χ1) is 11.0. The largest absolute Gasteiger partial charge is 0.366 e. The van der Waals surface area contributed by atoms with Gasteiger partial charge in [0.15, 0.2) is 0 Å². The van der Waals surface area contributed by atoms with Crippen molar-refractivity contribution in [1.29, 1.82) is 0 Å². The van der Waals surface area contributed by atoms with E-state index in [-0.39, 0.29) is 5.91 Å². The molecule has 0 aliphatic carbocycles. The van der Waals surface area contributed by atoms with Gasteiger partial charge in [-0.05, 0) is 56.0 Å². The third kappa shape index (κ3) is 5.21. The summed E-state index contributed by atoms with van der Waals surface area (Å²) in [7, 11) is 0. The smallest absolute Gasteiger partial charge is 0.248 e. The zero-order chi connectivity index (χ0) is 16.8. The lowest BCUT2D eigenvalue weighted by molar-refractivity contribution is -0.121. The van der Waals surface area contributed by atoms with Crippen LogP contribution in [0.3, 0.4) is 0 Å². The first-order valence-electron chi connectivity index (χ1n) is 7.67. The van der Waals surface area contributed by atoms with Crippen molar-refractivity contribution in [1.82, 2.24) is 5.32 Å². The van der Waals surface area contributed by atoms with Crippen LogP contribution in [0, 0.1) is 13.8 Å². The summed E-state index contributed by atoms with van der Waals surface area (Å²) >= 11 is 1.80. The van der Waals surface area contributed by atoms with E-state index in [9.17, 15) is 9.59 Å². The Kier molecular flexibility index (Phi) is 5.93. The summed E-state index contributed by atoms with van der Waals surface area (Å²) in [5.74, 6) is -0.432. The van der Waals surface area contributed by atoms with Crippen LogP contribution in [0.2, 0.25) is 0 Å². The van der Waals surface area contributed by atoms with Crippen LogP contribution in [-0.4, -0.2) is 11.8 Å². The van der Waals surface area contributed by atoms with Crippen LogP contribution in [0.4, 0.5) is 0 Å². The van der Waals surface area contributed by atoms with E-state index in [1.165, 1.54) is 15.3 Å². The number of rotatable bonds is 7. The lowest BCUT2D eigenvalue weighted by Gasteiger charge is -2.06. The van der Waals surface area contributed by atoms with E-state index >= 15 is 0 Å². The zero-order valence-corrected chi connectivity index (χ0v) is 14.3. The first kappa shape index (κ1) is 17.2. The molecule has 23 heavy (non-hydrogen) atoms. The summed E-state index contributed by atoms with van der Waals surface area (Å²) in [4.78, 5) is 25.7. The van der Waals surface area contributed by atoms with Crippen LogP contribution in [0.5, 0.6) is 0 Å². The number of hydrogen-bond donors (Lipinski definition) is 2. The minimum atomic E-state index is -0.459. The second-order valence-corrected chi connectivity index (χ2v) is 7.09. The molecule has 3 N–H and O–H groups in total. The lowest BCUT2D eigenvalue weighted by atomic mass is 10.1.